The molecule has 0 heterocycles. The van der Waals surface area contributed by atoms with Gasteiger partial charge in [-0.2, -0.15) is 0 Å². The molecule has 0 saturated heterocycles. The van der Waals surface area contributed by atoms with Crippen molar-refractivity contribution >= 4 is 23.3 Å². The molecular formula is C22H20N2O3. The average molecular weight is 360 g/mol. The Hall–Kier alpha value is -3.60. The second-order valence-corrected chi connectivity index (χ2v) is 6.05. The van der Waals surface area contributed by atoms with Crippen molar-refractivity contribution in [2.75, 3.05) is 17.2 Å². The highest BCUT2D eigenvalue weighted by Crippen LogP contribution is 2.22. The van der Waals surface area contributed by atoms with Gasteiger partial charge in [0.05, 0.1) is 11.3 Å². The number of rotatable bonds is 7. The van der Waals surface area contributed by atoms with Gasteiger partial charge in [-0.05, 0) is 42.3 Å². The van der Waals surface area contributed by atoms with Crippen molar-refractivity contribution in [3.63, 3.8) is 0 Å². The molecule has 0 unspecified atom stereocenters. The summed E-state index contributed by atoms with van der Waals surface area (Å²) in [6.07, 6.45) is 0.841. The smallest absolute Gasteiger partial charge is 0.337 e. The quantitative estimate of drug-likeness (QED) is 0.587. The first-order valence-corrected chi connectivity index (χ1v) is 8.65. The fourth-order valence-electron chi connectivity index (χ4n) is 2.72. The minimum Gasteiger partial charge on any atom is -0.478 e. The van der Waals surface area contributed by atoms with Crippen LogP contribution in [0.3, 0.4) is 0 Å². The lowest BCUT2D eigenvalue weighted by atomic mass is 10.1. The summed E-state index contributed by atoms with van der Waals surface area (Å²) >= 11 is 0. The van der Waals surface area contributed by atoms with E-state index in [9.17, 15) is 14.7 Å². The maximum absolute atomic E-state index is 12.4. The number of aromatic carboxylic acids is 1. The summed E-state index contributed by atoms with van der Waals surface area (Å²) in [4.78, 5) is 23.9. The van der Waals surface area contributed by atoms with Crippen LogP contribution in [0, 0.1) is 0 Å². The molecule has 0 radical (unpaired) electrons. The van der Waals surface area contributed by atoms with Gasteiger partial charge in [-0.1, -0.05) is 48.5 Å². The van der Waals surface area contributed by atoms with Gasteiger partial charge in [0.25, 0.3) is 5.91 Å². The Balaban J connectivity index is 1.72. The molecule has 0 spiro atoms. The van der Waals surface area contributed by atoms with E-state index in [1.807, 2.05) is 24.3 Å². The molecule has 3 rings (SSSR count). The van der Waals surface area contributed by atoms with Crippen molar-refractivity contribution in [2.45, 2.75) is 6.42 Å². The van der Waals surface area contributed by atoms with Crippen LogP contribution in [-0.4, -0.2) is 23.5 Å². The van der Waals surface area contributed by atoms with Crippen LogP contribution < -0.4 is 10.6 Å². The Morgan fingerprint density at radius 3 is 2.19 bits per heavy atom. The Bertz CT molecular complexity index is 925. The van der Waals surface area contributed by atoms with E-state index in [-0.39, 0.29) is 17.2 Å². The summed E-state index contributed by atoms with van der Waals surface area (Å²) in [5.41, 5.74) is 2.74. The normalized spacial score (nSPS) is 10.2. The first-order chi connectivity index (χ1) is 13.1. The SMILES string of the molecule is O=C(Nc1cc(NCCc2ccccc2)ccc1C(=O)O)c1ccccc1. The zero-order chi connectivity index (χ0) is 19.1. The number of hydrogen-bond acceptors (Lipinski definition) is 3. The summed E-state index contributed by atoms with van der Waals surface area (Å²) in [6, 6.07) is 23.6. The van der Waals surface area contributed by atoms with Crippen LogP contribution in [0.15, 0.2) is 78.9 Å². The van der Waals surface area contributed by atoms with E-state index in [0.29, 0.717) is 12.1 Å². The number of amides is 1. The van der Waals surface area contributed by atoms with Crippen molar-refractivity contribution in [3.8, 4) is 0 Å². The van der Waals surface area contributed by atoms with E-state index in [1.54, 1.807) is 36.4 Å². The van der Waals surface area contributed by atoms with Gasteiger partial charge in [-0.25, -0.2) is 4.79 Å². The third-order valence-corrected chi connectivity index (χ3v) is 4.12. The van der Waals surface area contributed by atoms with Gasteiger partial charge in [0.2, 0.25) is 0 Å². The van der Waals surface area contributed by atoms with Crippen LogP contribution in [0.5, 0.6) is 0 Å². The number of hydrogen-bond donors (Lipinski definition) is 3. The lowest BCUT2D eigenvalue weighted by Crippen LogP contribution is -2.15. The van der Waals surface area contributed by atoms with Gasteiger partial charge in [-0.15, -0.1) is 0 Å². The molecule has 0 aliphatic heterocycles. The van der Waals surface area contributed by atoms with Crippen molar-refractivity contribution in [1.82, 2.24) is 0 Å². The lowest BCUT2D eigenvalue weighted by Gasteiger charge is -2.12. The van der Waals surface area contributed by atoms with E-state index >= 15 is 0 Å². The van der Waals surface area contributed by atoms with Crippen LogP contribution in [0.4, 0.5) is 11.4 Å². The van der Waals surface area contributed by atoms with Crippen LogP contribution in [0.25, 0.3) is 0 Å². The summed E-state index contributed by atoms with van der Waals surface area (Å²) in [5, 5.41) is 15.4. The van der Waals surface area contributed by atoms with Gasteiger partial charge in [0, 0.05) is 17.8 Å². The highest BCUT2D eigenvalue weighted by Gasteiger charge is 2.14. The molecule has 3 aromatic rings. The maximum Gasteiger partial charge on any atom is 0.337 e. The Morgan fingerprint density at radius 1 is 0.852 bits per heavy atom. The molecule has 5 heteroatoms. The first-order valence-electron chi connectivity index (χ1n) is 8.65. The molecule has 0 aliphatic rings. The minimum absolute atomic E-state index is 0.0490. The highest BCUT2D eigenvalue weighted by atomic mass is 16.4. The fraction of sp³-hybridized carbons (Fsp3) is 0.0909. The van der Waals surface area contributed by atoms with Crippen molar-refractivity contribution in [2.24, 2.45) is 0 Å². The largest absolute Gasteiger partial charge is 0.478 e. The Labute approximate surface area is 157 Å². The van der Waals surface area contributed by atoms with Gasteiger partial charge < -0.3 is 15.7 Å². The first kappa shape index (κ1) is 18.2. The molecule has 136 valence electrons. The van der Waals surface area contributed by atoms with Crippen molar-refractivity contribution in [3.05, 3.63) is 95.6 Å². The van der Waals surface area contributed by atoms with Gasteiger partial charge >= 0.3 is 5.97 Å². The molecule has 3 aromatic carbocycles. The zero-order valence-electron chi connectivity index (χ0n) is 14.7. The summed E-state index contributed by atoms with van der Waals surface area (Å²) in [7, 11) is 0. The predicted molar refractivity (Wildman–Crippen MR) is 106 cm³/mol. The molecule has 0 fully saturated rings. The van der Waals surface area contributed by atoms with E-state index in [0.717, 1.165) is 12.1 Å². The molecule has 0 saturated carbocycles. The number of carboxylic acid groups (broad SMARTS) is 1. The average Bonchev–Trinajstić information content (AvgIpc) is 2.69. The zero-order valence-corrected chi connectivity index (χ0v) is 14.7. The van der Waals surface area contributed by atoms with E-state index in [4.69, 9.17) is 0 Å². The third-order valence-electron chi connectivity index (χ3n) is 4.12. The predicted octanol–water partition coefficient (Wildman–Crippen LogP) is 4.29. The number of nitrogens with one attached hydrogen (secondary N) is 2. The summed E-state index contributed by atoms with van der Waals surface area (Å²) in [5.74, 6) is -1.44. The Kier molecular flexibility index (Phi) is 5.84. The molecule has 1 amide bonds. The standard InChI is InChI=1S/C22H20N2O3/c25-21(17-9-5-2-6-10-17)24-20-15-18(11-12-19(20)22(26)27)23-14-13-16-7-3-1-4-8-16/h1-12,15,23H,13-14H2,(H,24,25)(H,26,27). The van der Waals surface area contributed by atoms with Crippen LogP contribution in [-0.2, 0) is 6.42 Å². The van der Waals surface area contributed by atoms with Crippen LogP contribution >= 0.6 is 0 Å². The number of anilines is 2. The summed E-state index contributed by atoms with van der Waals surface area (Å²) in [6.45, 7) is 0.697. The number of carbonyl (C=O) groups is 2. The molecule has 27 heavy (non-hydrogen) atoms. The highest BCUT2D eigenvalue weighted by molar-refractivity contribution is 6.08. The second-order valence-electron chi connectivity index (χ2n) is 6.05. The molecule has 5 nitrogen and oxygen atoms in total. The number of benzene rings is 3. The van der Waals surface area contributed by atoms with E-state index in [2.05, 4.69) is 22.8 Å². The third kappa shape index (κ3) is 4.95. The topological polar surface area (TPSA) is 78.4 Å². The molecule has 3 N–H and O–H groups in total. The maximum atomic E-state index is 12.4. The number of carboxylic acids is 1. The molecule has 0 bridgehead atoms. The molecular weight excluding hydrogens is 340 g/mol. The van der Waals surface area contributed by atoms with Crippen LogP contribution in [0.2, 0.25) is 0 Å². The van der Waals surface area contributed by atoms with Crippen LogP contribution in [0.1, 0.15) is 26.3 Å². The van der Waals surface area contributed by atoms with E-state index < -0.39 is 5.97 Å². The Morgan fingerprint density at radius 2 is 1.52 bits per heavy atom. The molecule has 0 atom stereocenters. The van der Waals surface area contributed by atoms with Crippen molar-refractivity contribution < 1.29 is 14.7 Å². The van der Waals surface area contributed by atoms with Gasteiger partial charge in [0.1, 0.15) is 0 Å². The molecule has 0 aliphatic carbocycles. The molecule has 0 aromatic heterocycles. The lowest BCUT2D eigenvalue weighted by molar-refractivity contribution is 0.0698. The monoisotopic (exact) mass is 360 g/mol. The van der Waals surface area contributed by atoms with E-state index in [1.165, 1.54) is 11.6 Å². The van der Waals surface area contributed by atoms with Crippen molar-refractivity contribution in [1.29, 1.82) is 0 Å². The van der Waals surface area contributed by atoms with Gasteiger partial charge in [0.15, 0.2) is 0 Å². The second kappa shape index (κ2) is 8.67. The minimum atomic E-state index is -1.09. The number of carbonyl (C=O) groups excluding carboxylic acids is 1. The van der Waals surface area contributed by atoms with Gasteiger partial charge in [-0.3, -0.25) is 4.79 Å². The fourth-order valence-corrected chi connectivity index (χ4v) is 2.72. The summed E-state index contributed by atoms with van der Waals surface area (Å²) < 4.78 is 0.